The van der Waals surface area contributed by atoms with Crippen LogP contribution in [0.15, 0.2) is 122 Å². The van der Waals surface area contributed by atoms with E-state index in [-0.39, 0.29) is 0 Å². The van der Waals surface area contributed by atoms with E-state index in [1.54, 1.807) is 0 Å². The number of hydrogen-bond acceptors (Lipinski definition) is 0. The van der Waals surface area contributed by atoms with E-state index in [0.717, 1.165) is 5.57 Å². The van der Waals surface area contributed by atoms with E-state index in [9.17, 15) is 0 Å². The summed E-state index contributed by atoms with van der Waals surface area (Å²) < 4.78 is 0. The van der Waals surface area contributed by atoms with Gasteiger partial charge in [-0.15, -0.1) is 0 Å². The summed E-state index contributed by atoms with van der Waals surface area (Å²) in [5.74, 6) is 0. The third-order valence-electron chi connectivity index (χ3n) is 7.90. The Labute approximate surface area is 209 Å². The maximum Gasteiger partial charge on any atom is -0.00206 e. The van der Waals surface area contributed by atoms with E-state index in [1.165, 1.54) is 75.8 Å². The lowest BCUT2D eigenvalue weighted by molar-refractivity contribution is 1.71. The molecule has 0 heteroatoms. The second kappa shape index (κ2) is 7.16. The Morgan fingerprint density at radius 1 is 0.444 bits per heavy atom. The van der Waals surface area contributed by atoms with E-state index in [0.29, 0.717) is 0 Å². The van der Waals surface area contributed by atoms with Gasteiger partial charge >= 0.3 is 0 Å². The molecule has 0 aromatic heterocycles. The topological polar surface area (TPSA) is 0 Å². The number of hydrogen-bond donors (Lipinski definition) is 0. The van der Waals surface area contributed by atoms with Crippen molar-refractivity contribution in [2.45, 2.75) is 0 Å². The molecule has 166 valence electrons. The molecule has 0 saturated carbocycles. The normalized spacial score (nSPS) is 12.4. The molecular weight excluding hydrogens is 432 g/mol. The molecule has 0 nitrogen and oxygen atoms in total. The Bertz CT molecular complexity index is 2120. The molecule has 0 saturated heterocycles. The van der Waals surface area contributed by atoms with E-state index in [2.05, 4.69) is 128 Å². The Kier molecular flexibility index (Phi) is 3.90. The lowest BCUT2D eigenvalue weighted by Gasteiger charge is -2.14. The third-order valence-corrected chi connectivity index (χ3v) is 7.90. The Morgan fingerprint density at radius 3 is 1.50 bits per heavy atom. The Morgan fingerprint density at radius 2 is 0.889 bits per heavy atom. The van der Waals surface area contributed by atoms with Crippen LogP contribution in [0.4, 0.5) is 0 Å². The summed E-state index contributed by atoms with van der Waals surface area (Å²) in [5.41, 5.74) is 3.44. The van der Waals surface area contributed by atoms with Gasteiger partial charge in [0.2, 0.25) is 0 Å². The highest BCUT2D eigenvalue weighted by atomic mass is 14.2. The molecule has 8 aromatic carbocycles. The largest absolute Gasteiger partial charge is 0.0911 e. The van der Waals surface area contributed by atoms with Crippen LogP contribution in [0, 0.1) is 0 Å². The molecule has 36 heavy (non-hydrogen) atoms. The van der Waals surface area contributed by atoms with Gasteiger partial charge in [0.05, 0.1) is 0 Å². The zero-order valence-corrected chi connectivity index (χ0v) is 19.8. The molecule has 0 atom stereocenters. The van der Waals surface area contributed by atoms with E-state index in [4.69, 9.17) is 0 Å². The molecule has 0 aliphatic rings. The van der Waals surface area contributed by atoms with E-state index >= 15 is 0 Å². The molecule has 0 aliphatic carbocycles. The maximum absolute atomic E-state index is 4.50. The highest BCUT2D eigenvalue weighted by Gasteiger charge is 2.12. The van der Waals surface area contributed by atoms with Crippen molar-refractivity contribution < 1.29 is 0 Å². The standard InChI is InChI=1S/C36H22/c1-22(30-19-16-29-15-13-25-5-3-7-27-18-21-32(30)36(29)34(25)27)8-9-23-10-11-28-14-12-24-4-2-6-26-17-20-31(23)35(28)33(24)26/h2-21H,1H2/b9-8+. The average molecular weight is 455 g/mol. The van der Waals surface area contributed by atoms with Crippen molar-refractivity contribution in [3.8, 4) is 0 Å². The number of benzene rings is 8. The summed E-state index contributed by atoms with van der Waals surface area (Å²) >= 11 is 0. The van der Waals surface area contributed by atoms with Crippen molar-refractivity contribution in [1.82, 2.24) is 0 Å². The fourth-order valence-corrected chi connectivity index (χ4v) is 6.20. The van der Waals surface area contributed by atoms with Crippen LogP contribution in [0.3, 0.4) is 0 Å². The lowest BCUT2D eigenvalue weighted by atomic mass is 9.89. The van der Waals surface area contributed by atoms with Crippen LogP contribution in [-0.2, 0) is 0 Å². The van der Waals surface area contributed by atoms with Crippen LogP contribution in [0.1, 0.15) is 11.1 Å². The van der Waals surface area contributed by atoms with Gasteiger partial charge in [-0.25, -0.2) is 0 Å². The maximum atomic E-state index is 4.50. The second-order valence-corrected chi connectivity index (χ2v) is 9.84. The monoisotopic (exact) mass is 454 g/mol. The van der Waals surface area contributed by atoms with Crippen molar-refractivity contribution in [3.05, 3.63) is 133 Å². The molecule has 0 unspecified atom stereocenters. The van der Waals surface area contributed by atoms with Crippen LogP contribution < -0.4 is 0 Å². The molecule has 0 heterocycles. The Hall–Kier alpha value is -4.68. The molecule has 0 N–H and O–H groups in total. The quantitative estimate of drug-likeness (QED) is 0.184. The smallest absolute Gasteiger partial charge is 0.00206 e. The van der Waals surface area contributed by atoms with Gasteiger partial charge in [-0.2, -0.15) is 0 Å². The van der Waals surface area contributed by atoms with Crippen LogP contribution in [0.5, 0.6) is 0 Å². The molecule has 0 spiro atoms. The minimum atomic E-state index is 1.03. The fourth-order valence-electron chi connectivity index (χ4n) is 6.20. The first-order chi connectivity index (χ1) is 17.8. The van der Waals surface area contributed by atoms with Gasteiger partial charge in [-0.05, 0) is 81.3 Å². The van der Waals surface area contributed by atoms with Crippen LogP contribution in [0.2, 0.25) is 0 Å². The summed E-state index contributed by atoms with van der Waals surface area (Å²) in [6.07, 6.45) is 4.41. The van der Waals surface area contributed by atoms with Gasteiger partial charge in [-0.1, -0.05) is 128 Å². The van der Waals surface area contributed by atoms with Gasteiger partial charge in [0.1, 0.15) is 0 Å². The first-order valence-corrected chi connectivity index (χ1v) is 12.5. The summed E-state index contributed by atoms with van der Waals surface area (Å²) in [4.78, 5) is 0. The first-order valence-electron chi connectivity index (χ1n) is 12.5. The minimum absolute atomic E-state index is 1.03. The molecule has 0 radical (unpaired) electrons. The number of rotatable bonds is 3. The molecular formula is C36H22. The van der Waals surface area contributed by atoms with Crippen molar-refractivity contribution in [1.29, 1.82) is 0 Å². The zero-order valence-electron chi connectivity index (χ0n) is 19.8. The van der Waals surface area contributed by atoms with Gasteiger partial charge in [-0.3, -0.25) is 0 Å². The van der Waals surface area contributed by atoms with Gasteiger partial charge < -0.3 is 0 Å². The van der Waals surface area contributed by atoms with Crippen LogP contribution >= 0.6 is 0 Å². The van der Waals surface area contributed by atoms with Crippen molar-refractivity contribution in [2.24, 2.45) is 0 Å². The molecule has 0 fully saturated rings. The summed E-state index contributed by atoms with van der Waals surface area (Å²) in [7, 11) is 0. The van der Waals surface area contributed by atoms with Crippen LogP contribution in [0.25, 0.3) is 76.3 Å². The zero-order chi connectivity index (χ0) is 23.8. The summed E-state index contributed by atoms with van der Waals surface area (Å²) in [6, 6.07) is 40.0. The van der Waals surface area contributed by atoms with E-state index in [1.807, 2.05) is 0 Å². The predicted molar refractivity (Wildman–Crippen MR) is 158 cm³/mol. The first kappa shape index (κ1) is 19.6. The fraction of sp³-hybridized carbons (Fsp3) is 0. The number of allylic oxidation sites excluding steroid dienone is 2. The average Bonchev–Trinajstić information content (AvgIpc) is 2.93. The molecule has 8 rings (SSSR count). The third kappa shape index (κ3) is 2.64. The van der Waals surface area contributed by atoms with Gasteiger partial charge in [0.15, 0.2) is 0 Å². The van der Waals surface area contributed by atoms with Gasteiger partial charge in [0.25, 0.3) is 0 Å². The van der Waals surface area contributed by atoms with Gasteiger partial charge in [0, 0.05) is 0 Å². The van der Waals surface area contributed by atoms with Crippen molar-refractivity contribution in [2.75, 3.05) is 0 Å². The summed E-state index contributed by atoms with van der Waals surface area (Å²) in [6.45, 7) is 4.50. The second-order valence-electron chi connectivity index (χ2n) is 9.84. The molecule has 0 aliphatic heterocycles. The Balaban J connectivity index is 1.29. The van der Waals surface area contributed by atoms with Crippen molar-refractivity contribution in [3.63, 3.8) is 0 Å². The van der Waals surface area contributed by atoms with Crippen molar-refractivity contribution >= 4 is 76.3 Å². The highest BCUT2D eigenvalue weighted by molar-refractivity contribution is 6.26. The molecule has 0 bridgehead atoms. The molecule has 0 amide bonds. The minimum Gasteiger partial charge on any atom is -0.0911 e. The van der Waals surface area contributed by atoms with Crippen LogP contribution in [-0.4, -0.2) is 0 Å². The summed E-state index contributed by atoms with van der Waals surface area (Å²) in [5, 5.41) is 15.7. The highest BCUT2D eigenvalue weighted by Crippen LogP contribution is 2.39. The predicted octanol–water partition coefficient (Wildman–Crippen LogP) is 10.2. The van der Waals surface area contributed by atoms with E-state index < -0.39 is 0 Å². The lowest BCUT2D eigenvalue weighted by Crippen LogP contribution is -1.89. The molecule has 8 aromatic rings. The SMILES string of the molecule is C=C(/C=C/c1ccc2ccc3cccc4ccc1c2c34)c1ccc2ccc3cccc4ccc1c2c34.